The van der Waals surface area contributed by atoms with Gasteiger partial charge in [0.05, 0.1) is 18.1 Å². The number of hydrogen-bond donors (Lipinski definition) is 2. The Labute approximate surface area is 239 Å². The Bertz CT molecular complexity index is 1430. The number of piperazine rings is 1. The molecule has 2 aromatic carbocycles. The van der Waals surface area contributed by atoms with Crippen molar-refractivity contribution in [2.24, 2.45) is 5.41 Å². The molecule has 2 aliphatic heterocycles. The predicted molar refractivity (Wildman–Crippen MR) is 157 cm³/mol. The number of urea groups is 1. The smallest absolute Gasteiger partial charge is 0.320 e. The minimum Gasteiger partial charge on any atom is -0.324 e. The number of nitrogens with one attached hydrogen (secondary N) is 1. The van der Waals surface area contributed by atoms with Gasteiger partial charge >= 0.3 is 6.03 Å². The quantitative estimate of drug-likeness (QED) is 0.451. The summed E-state index contributed by atoms with van der Waals surface area (Å²) >= 11 is 5.30. The van der Waals surface area contributed by atoms with Crippen molar-refractivity contribution in [2.75, 3.05) is 32.7 Å². The van der Waals surface area contributed by atoms with E-state index in [1.807, 2.05) is 28.0 Å². The maximum atomic E-state index is 14.3. The van der Waals surface area contributed by atoms with Crippen molar-refractivity contribution in [1.82, 2.24) is 24.7 Å². The second-order valence-electron chi connectivity index (χ2n) is 11.5. The predicted octanol–water partition coefficient (Wildman–Crippen LogP) is 4.75. The van der Waals surface area contributed by atoms with Crippen LogP contribution in [0.4, 0.5) is 9.18 Å². The van der Waals surface area contributed by atoms with Crippen LogP contribution < -0.4 is 10.9 Å². The highest BCUT2D eigenvalue weighted by molar-refractivity contribution is 7.81. The first kappa shape index (κ1) is 27.0. The fourth-order valence-electron chi connectivity index (χ4n) is 6.99. The molecule has 2 amide bonds. The summed E-state index contributed by atoms with van der Waals surface area (Å²) in [7, 11) is 0. The second-order valence-corrected chi connectivity index (χ2v) is 12.4. The maximum absolute atomic E-state index is 14.3. The molecular formula is C31H36FN5O2S. The van der Waals surface area contributed by atoms with E-state index in [0.717, 1.165) is 44.3 Å². The number of likely N-dealkylation sites (tertiary alicyclic amines) is 1. The SMILES string of the molecule is O=C(N1CCC(S)(Cn2cnc(-c3ccccc3F)cc2=O)C2(CCCC2)C1)N1CCNCC1c1ccccc1. The fourth-order valence-corrected chi connectivity index (χ4v) is 7.54. The number of thiol groups is 1. The molecule has 210 valence electrons. The van der Waals surface area contributed by atoms with E-state index in [1.165, 1.54) is 18.5 Å². The largest absolute Gasteiger partial charge is 0.324 e. The van der Waals surface area contributed by atoms with Crippen molar-refractivity contribution in [1.29, 1.82) is 0 Å². The Morgan fingerprint density at radius 3 is 2.55 bits per heavy atom. The zero-order chi connectivity index (χ0) is 27.7. The molecule has 9 heteroatoms. The number of halogens is 1. The highest BCUT2D eigenvalue weighted by Gasteiger charge is 2.55. The third kappa shape index (κ3) is 4.94. The molecule has 40 heavy (non-hydrogen) atoms. The van der Waals surface area contributed by atoms with Crippen LogP contribution in [0.1, 0.15) is 43.7 Å². The number of aromatic nitrogens is 2. The minimum absolute atomic E-state index is 0.00211. The molecule has 2 atom stereocenters. The topological polar surface area (TPSA) is 70.5 Å². The molecule has 7 nitrogen and oxygen atoms in total. The molecule has 0 radical (unpaired) electrons. The maximum Gasteiger partial charge on any atom is 0.320 e. The number of hydrogen-bond acceptors (Lipinski definition) is 5. The average Bonchev–Trinajstić information content (AvgIpc) is 3.46. The lowest BCUT2D eigenvalue weighted by molar-refractivity contribution is 0.0419. The molecule has 1 saturated carbocycles. The molecule has 1 spiro atoms. The Kier molecular flexibility index (Phi) is 7.44. The molecule has 1 N–H and O–H groups in total. The van der Waals surface area contributed by atoms with E-state index in [2.05, 4.69) is 22.4 Å². The van der Waals surface area contributed by atoms with E-state index in [-0.39, 0.29) is 23.0 Å². The van der Waals surface area contributed by atoms with Crippen LogP contribution in [0.25, 0.3) is 11.3 Å². The van der Waals surface area contributed by atoms with Crippen LogP contribution >= 0.6 is 12.6 Å². The summed E-state index contributed by atoms with van der Waals surface area (Å²) in [5.74, 6) is -0.404. The van der Waals surface area contributed by atoms with Gasteiger partial charge in [0.1, 0.15) is 5.82 Å². The lowest BCUT2D eigenvalue weighted by Crippen LogP contribution is -2.62. The molecule has 1 aromatic heterocycles. The van der Waals surface area contributed by atoms with Gasteiger partial charge in [0.2, 0.25) is 0 Å². The van der Waals surface area contributed by atoms with Crippen molar-refractivity contribution >= 4 is 18.7 Å². The van der Waals surface area contributed by atoms with E-state index in [9.17, 15) is 14.0 Å². The van der Waals surface area contributed by atoms with E-state index >= 15 is 0 Å². The van der Waals surface area contributed by atoms with Gasteiger partial charge in [-0.25, -0.2) is 14.2 Å². The van der Waals surface area contributed by atoms with Crippen LogP contribution in [0.5, 0.6) is 0 Å². The van der Waals surface area contributed by atoms with Gasteiger partial charge in [0, 0.05) is 61.1 Å². The number of piperidine rings is 1. The first-order chi connectivity index (χ1) is 19.4. The van der Waals surface area contributed by atoms with Crippen molar-refractivity contribution < 1.29 is 9.18 Å². The molecule has 3 aliphatic rings. The molecule has 2 saturated heterocycles. The molecule has 3 heterocycles. The van der Waals surface area contributed by atoms with Gasteiger partial charge < -0.3 is 15.1 Å². The van der Waals surface area contributed by atoms with Gasteiger partial charge in [-0.15, -0.1) is 0 Å². The number of amides is 2. The van der Waals surface area contributed by atoms with Crippen molar-refractivity contribution in [3.8, 4) is 11.3 Å². The molecule has 3 fully saturated rings. The Morgan fingerprint density at radius 2 is 1.80 bits per heavy atom. The van der Waals surface area contributed by atoms with Gasteiger partial charge in [-0.1, -0.05) is 55.3 Å². The number of carbonyl (C=O) groups excluding carboxylic acids is 1. The van der Waals surface area contributed by atoms with Gasteiger partial charge in [-0.2, -0.15) is 12.6 Å². The van der Waals surface area contributed by atoms with Crippen LogP contribution in [-0.4, -0.2) is 62.9 Å². The lowest BCUT2D eigenvalue weighted by Gasteiger charge is -2.54. The monoisotopic (exact) mass is 561 g/mol. The summed E-state index contributed by atoms with van der Waals surface area (Å²) < 4.78 is 15.4. The van der Waals surface area contributed by atoms with Gasteiger partial charge in [0.15, 0.2) is 0 Å². The standard InChI is InChI=1S/C31H36FN5O2S/c32-25-11-5-4-10-24(25)26-18-28(38)36(22-34-26)21-31(40)14-16-35(20-30(31)12-6-7-13-30)29(39)37-17-15-33-19-27(37)23-8-2-1-3-9-23/h1-5,8-11,18,22,27,33,40H,6-7,12-17,19-21H2. The van der Waals surface area contributed by atoms with Crippen LogP contribution in [-0.2, 0) is 6.54 Å². The van der Waals surface area contributed by atoms with Crippen molar-refractivity contribution in [3.63, 3.8) is 0 Å². The normalized spacial score (nSPS) is 24.4. The van der Waals surface area contributed by atoms with Crippen LogP contribution in [0, 0.1) is 11.2 Å². The number of nitrogens with zero attached hydrogens (tertiary/aromatic N) is 4. The highest BCUT2D eigenvalue weighted by atomic mass is 32.1. The molecule has 0 bridgehead atoms. The molecular weight excluding hydrogens is 525 g/mol. The van der Waals surface area contributed by atoms with E-state index < -0.39 is 10.6 Å². The first-order valence-electron chi connectivity index (χ1n) is 14.2. The summed E-state index contributed by atoms with van der Waals surface area (Å²) in [6.07, 6.45) is 6.33. The third-order valence-corrected chi connectivity index (χ3v) is 10.1. The second kappa shape index (κ2) is 11.0. The van der Waals surface area contributed by atoms with Crippen LogP contribution in [0.3, 0.4) is 0 Å². The third-order valence-electron chi connectivity index (χ3n) is 9.24. The number of benzene rings is 2. The van der Waals surface area contributed by atoms with Crippen LogP contribution in [0.15, 0.2) is 71.8 Å². The molecule has 2 unspecified atom stereocenters. The Morgan fingerprint density at radius 1 is 1.05 bits per heavy atom. The molecule has 6 rings (SSSR count). The van der Waals surface area contributed by atoms with Gasteiger partial charge in [-0.05, 0) is 37.0 Å². The fraction of sp³-hybridized carbons (Fsp3) is 0.452. The molecule has 3 aromatic rings. The van der Waals surface area contributed by atoms with Crippen molar-refractivity contribution in [2.45, 2.75) is 49.4 Å². The summed E-state index contributed by atoms with van der Waals surface area (Å²) in [4.78, 5) is 35.7. The summed E-state index contributed by atoms with van der Waals surface area (Å²) in [6, 6.07) is 18.1. The summed E-state index contributed by atoms with van der Waals surface area (Å²) in [5.41, 5.74) is 1.37. The van der Waals surface area contributed by atoms with Crippen molar-refractivity contribution in [3.05, 3.63) is 88.7 Å². The van der Waals surface area contributed by atoms with E-state index in [0.29, 0.717) is 43.9 Å². The van der Waals surface area contributed by atoms with Crippen LogP contribution in [0.2, 0.25) is 0 Å². The zero-order valence-electron chi connectivity index (χ0n) is 22.6. The Hall–Kier alpha value is -3.17. The van der Waals surface area contributed by atoms with E-state index in [4.69, 9.17) is 12.6 Å². The Balaban J connectivity index is 1.23. The molecule has 1 aliphatic carbocycles. The highest BCUT2D eigenvalue weighted by Crippen LogP contribution is 2.55. The number of rotatable bonds is 4. The summed E-state index contributed by atoms with van der Waals surface area (Å²) in [5, 5.41) is 3.45. The van der Waals surface area contributed by atoms with Gasteiger partial charge in [0.25, 0.3) is 5.56 Å². The number of carbonyl (C=O) groups is 1. The summed E-state index contributed by atoms with van der Waals surface area (Å²) in [6.45, 7) is 3.82. The van der Waals surface area contributed by atoms with E-state index in [1.54, 1.807) is 22.8 Å². The lowest BCUT2D eigenvalue weighted by atomic mass is 9.68. The average molecular weight is 562 g/mol. The first-order valence-corrected chi connectivity index (χ1v) is 14.7. The minimum atomic E-state index is -0.465. The zero-order valence-corrected chi connectivity index (χ0v) is 23.5. The van der Waals surface area contributed by atoms with Gasteiger partial charge in [-0.3, -0.25) is 9.36 Å².